The minimum absolute atomic E-state index is 0.0191. The minimum atomic E-state index is -1.27. The van der Waals surface area contributed by atoms with E-state index in [9.17, 15) is 14.0 Å². The summed E-state index contributed by atoms with van der Waals surface area (Å²) in [6.07, 6.45) is 0. The molecule has 0 aromatic heterocycles. The van der Waals surface area contributed by atoms with E-state index in [-0.39, 0.29) is 5.69 Å². The Morgan fingerprint density at radius 2 is 1.48 bits per heavy atom. The minimum Gasteiger partial charge on any atom is -0.321 e. The van der Waals surface area contributed by atoms with Gasteiger partial charge in [0.1, 0.15) is 5.82 Å². The van der Waals surface area contributed by atoms with Gasteiger partial charge in [-0.05, 0) is 12.1 Å². The van der Waals surface area contributed by atoms with E-state index in [0.717, 1.165) is 5.56 Å². The first-order valence-corrected chi connectivity index (χ1v) is 8.47. The molecular formula is C22H15FN2O2. The number of aliphatic imine (C=N–C) groups is 1. The third-order valence-electron chi connectivity index (χ3n) is 4.38. The highest BCUT2D eigenvalue weighted by Gasteiger charge is 2.34. The SMILES string of the molecule is O=C(Nc1ccccc1F)C1N=C(c2ccccc2)c2ccccc2C1=O. The summed E-state index contributed by atoms with van der Waals surface area (Å²) in [5, 5.41) is 2.47. The normalized spacial score (nSPS) is 15.7. The largest absolute Gasteiger partial charge is 0.321 e. The number of nitrogens with one attached hydrogen (secondary N) is 1. The molecule has 5 heteroatoms. The van der Waals surface area contributed by atoms with Gasteiger partial charge in [-0.15, -0.1) is 0 Å². The van der Waals surface area contributed by atoms with Gasteiger partial charge in [-0.25, -0.2) is 4.39 Å². The number of ketones is 1. The second-order valence-corrected chi connectivity index (χ2v) is 6.13. The van der Waals surface area contributed by atoms with Crippen molar-refractivity contribution in [2.24, 2.45) is 4.99 Å². The zero-order chi connectivity index (χ0) is 18.8. The van der Waals surface area contributed by atoms with E-state index in [1.165, 1.54) is 18.2 Å². The van der Waals surface area contributed by atoms with Crippen LogP contribution in [0.4, 0.5) is 10.1 Å². The van der Waals surface area contributed by atoms with Crippen molar-refractivity contribution >= 4 is 23.1 Å². The molecule has 1 aliphatic heterocycles. The van der Waals surface area contributed by atoms with Crippen molar-refractivity contribution in [2.75, 3.05) is 5.32 Å². The van der Waals surface area contributed by atoms with Gasteiger partial charge in [-0.1, -0.05) is 66.7 Å². The molecule has 1 atom stereocenters. The maximum absolute atomic E-state index is 13.9. The van der Waals surface area contributed by atoms with Crippen LogP contribution in [0.15, 0.2) is 83.9 Å². The van der Waals surface area contributed by atoms with E-state index in [1.54, 1.807) is 18.2 Å². The van der Waals surface area contributed by atoms with Crippen LogP contribution in [0.1, 0.15) is 21.5 Å². The summed E-state index contributed by atoms with van der Waals surface area (Å²) in [5.41, 5.74) is 2.51. The molecule has 27 heavy (non-hydrogen) atoms. The number of nitrogens with zero attached hydrogens (tertiary/aromatic N) is 1. The van der Waals surface area contributed by atoms with Gasteiger partial charge >= 0.3 is 0 Å². The fourth-order valence-corrected chi connectivity index (χ4v) is 3.08. The molecule has 3 aromatic rings. The van der Waals surface area contributed by atoms with Crippen LogP contribution in [-0.2, 0) is 4.79 Å². The Kier molecular flexibility index (Phi) is 4.34. The van der Waals surface area contributed by atoms with Gasteiger partial charge in [-0.2, -0.15) is 0 Å². The molecule has 0 fully saturated rings. The van der Waals surface area contributed by atoms with Gasteiger partial charge in [0.15, 0.2) is 11.8 Å². The van der Waals surface area contributed by atoms with Crippen LogP contribution in [0.5, 0.6) is 0 Å². The van der Waals surface area contributed by atoms with E-state index in [4.69, 9.17) is 0 Å². The molecule has 1 heterocycles. The first kappa shape index (κ1) is 16.8. The number of carbonyl (C=O) groups excluding carboxylic acids is 2. The summed E-state index contributed by atoms with van der Waals surface area (Å²) in [7, 11) is 0. The Morgan fingerprint density at radius 3 is 2.22 bits per heavy atom. The van der Waals surface area contributed by atoms with Gasteiger partial charge in [0.05, 0.1) is 11.4 Å². The molecule has 1 N–H and O–H groups in total. The summed E-state index contributed by atoms with van der Waals surface area (Å²) >= 11 is 0. The first-order valence-electron chi connectivity index (χ1n) is 8.47. The van der Waals surface area contributed by atoms with Gasteiger partial charge in [0.25, 0.3) is 5.91 Å². The molecular weight excluding hydrogens is 343 g/mol. The number of hydrogen-bond donors (Lipinski definition) is 1. The number of carbonyl (C=O) groups is 2. The molecule has 3 aromatic carbocycles. The average molecular weight is 358 g/mol. The van der Waals surface area contributed by atoms with Gasteiger partial charge in [0.2, 0.25) is 0 Å². The van der Waals surface area contributed by atoms with E-state index in [2.05, 4.69) is 10.3 Å². The molecule has 1 amide bonds. The molecule has 0 aliphatic carbocycles. The molecule has 0 saturated heterocycles. The zero-order valence-electron chi connectivity index (χ0n) is 14.2. The zero-order valence-corrected chi connectivity index (χ0v) is 14.2. The third kappa shape index (κ3) is 3.15. The van der Waals surface area contributed by atoms with Crippen molar-refractivity contribution in [3.05, 3.63) is 101 Å². The number of para-hydroxylation sites is 1. The third-order valence-corrected chi connectivity index (χ3v) is 4.38. The lowest BCUT2D eigenvalue weighted by atomic mass is 9.89. The highest BCUT2D eigenvalue weighted by atomic mass is 19.1. The van der Waals surface area contributed by atoms with Crippen LogP contribution in [0, 0.1) is 5.82 Å². The topological polar surface area (TPSA) is 58.5 Å². The Hall–Kier alpha value is -3.60. The van der Waals surface area contributed by atoms with E-state index in [1.807, 2.05) is 42.5 Å². The number of Topliss-reactive ketones (excluding diaryl/α,β-unsaturated/α-hetero) is 1. The Labute approximate surface area is 155 Å². The van der Waals surface area contributed by atoms with Crippen LogP contribution in [-0.4, -0.2) is 23.4 Å². The van der Waals surface area contributed by atoms with Crippen LogP contribution in [0.25, 0.3) is 0 Å². The van der Waals surface area contributed by atoms with E-state index >= 15 is 0 Å². The van der Waals surface area contributed by atoms with E-state index < -0.39 is 23.5 Å². The fourth-order valence-electron chi connectivity index (χ4n) is 3.08. The Morgan fingerprint density at radius 1 is 0.852 bits per heavy atom. The van der Waals surface area contributed by atoms with Crippen LogP contribution >= 0.6 is 0 Å². The van der Waals surface area contributed by atoms with Crippen molar-refractivity contribution in [3.8, 4) is 0 Å². The van der Waals surface area contributed by atoms with Crippen molar-refractivity contribution in [2.45, 2.75) is 6.04 Å². The van der Waals surface area contributed by atoms with Crippen molar-refractivity contribution in [1.29, 1.82) is 0 Å². The molecule has 4 rings (SSSR count). The van der Waals surface area contributed by atoms with Gasteiger partial charge in [0, 0.05) is 16.7 Å². The highest BCUT2D eigenvalue weighted by Crippen LogP contribution is 2.24. The molecule has 0 bridgehead atoms. The highest BCUT2D eigenvalue weighted by molar-refractivity contribution is 6.28. The standard InChI is InChI=1S/C22H15FN2O2/c23-17-12-6-7-13-18(17)24-22(27)20-21(26)16-11-5-4-10-15(16)19(25-20)14-8-2-1-3-9-14/h1-13,20H,(H,24,27). The predicted molar refractivity (Wildman–Crippen MR) is 102 cm³/mol. The van der Waals surface area contributed by atoms with Crippen LogP contribution in [0.3, 0.4) is 0 Å². The van der Waals surface area contributed by atoms with Gasteiger partial charge in [-0.3, -0.25) is 14.6 Å². The summed E-state index contributed by atoms with van der Waals surface area (Å²) in [4.78, 5) is 30.0. The lowest BCUT2D eigenvalue weighted by Gasteiger charge is -2.22. The number of halogens is 1. The predicted octanol–water partition coefficient (Wildman–Crippen LogP) is 3.87. The summed E-state index contributed by atoms with van der Waals surface area (Å²) in [5.74, 6) is -1.63. The lowest BCUT2D eigenvalue weighted by molar-refractivity contribution is -0.116. The molecule has 4 nitrogen and oxygen atoms in total. The van der Waals surface area contributed by atoms with E-state index in [0.29, 0.717) is 16.8 Å². The molecule has 1 unspecified atom stereocenters. The number of fused-ring (bicyclic) bond motifs is 1. The Bertz CT molecular complexity index is 1060. The molecule has 0 radical (unpaired) electrons. The van der Waals surface area contributed by atoms with Crippen LogP contribution < -0.4 is 5.32 Å². The molecule has 132 valence electrons. The summed E-state index contributed by atoms with van der Waals surface area (Å²) < 4.78 is 13.9. The monoisotopic (exact) mass is 358 g/mol. The Balaban J connectivity index is 1.76. The number of benzene rings is 3. The smallest absolute Gasteiger partial charge is 0.257 e. The maximum atomic E-state index is 13.9. The molecule has 0 spiro atoms. The average Bonchev–Trinajstić information content (AvgIpc) is 2.71. The quantitative estimate of drug-likeness (QED) is 0.723. The first-order chi connectivity index (χ1) is 13.1. The fraction of sp³-hybridized carbons (Fsp3) is 0.0455. The second kappa shape index (κ2) is 6.96. The second-order valence-electron chi connectivity index (χ2n) is 6.13. The molecule has 1 aliphatic rings. The summed E-state index contributed by atoms with van der Waals surface area (Å²) in [6, 6.07) is 21.0. The number of amides is 1. The molecule has 0 saturated carbocycles. The van der Waals surface area contributed by atoms with Crippen molar-refractivity contribution < 1.29 is 14.0 Å². The summed E-state index contributed by atoms with van der Waals surface area (Å²) in [6.45, 7) is 0. The van der Waals surface area contributed by atoms with Crippen molar-refractivity contribution in [3.63, 3.8) is 0 Å². The number of rotatable bonds is 3. The van der Waals surface area contributed by atoms with Crippen LogP contribution in [0.2, 0.25) is 0 Å². The van der Waals surface area contributed by atoms with Crippen molar-refractivity contribution in [1.82, 2.24) is 0 Å². The maximum Gasteiger partial charge on any atom is 0.257 e. The lowest BCUT2D eigenvalue weighted by Crippen LogP contribution is -2.38. The number of hydrogen-bond acceptors (Lipinski definition) is 3. The number of anilines is 1. The van der Waals surface area contributed by atoms with Gasteiger partial charge < -0.3 is 5.32 Å².